The van der Waals surface area contributed by atoms with Crippen molar-refractivity contribution in [1.29, 1.82) is 0 Å². The van der Waals surface area contributed by atoms with Gasteiger partial charge in [-0.05, 0) is 122 Å². The molecule has 0 amide bonds. The molecule has 0 N–H and O–H groups in total. The van der Waals surface area contributed by atoms with Crippen molar-refractivity contribution < 1.29 is 28.6 Å². The average molecular weight is 1030 g/mol. The van der Waals surface area contributed by atoms with Gasteiger partial charge in [0, 0.05) is 19.3 Å². The van der Waals surface area contributed by atoms with Gasteiger partial charge in [0.15, 0.2) is 6.10 Å². The maximum atomic E-state index is 12.9. The summed E-state index contributed by atoms with van der Waals surface area (Å²) in [6.45, 7) is 6.48. The number of carbonyl (C=O) groups is 3. The summed E-state index contributed by atoms with van der Waals surface area (Å²) in [7, 11) is 0. The van der Waals surface area contributed by atoms with E-state index in [1.165, 1.54) is 154 Å². The standard InChI is InChI=1S/C68H116O6/c1-4-7-10-13-16-19-22-25-28-29-30-31-32-33-34-35-36-37-38-39-41-43-46-49-52-55-58-61-67(70)73-64-65(63-72-66(69)60-57-54-51-48-45-42-27-24-21-18-15-12-9-6-3)74-68(71)62-59-56-53-50-47-44-40-26-23-20-17-14-11-8-5-2/h8,11,17,20,22,24-27,29-30,32-33,40,47,50,65H,4-7,9-10,12-16,18-19,21,23,28,31,34-39,41-46,48-49,51-64H2,1-3H3/b11-8-,20-17-,25-22-,27-24-,30-29-,33-32-,40-26-,50-47-. The third kappa shape index (κ3) is 59.2. The van der Waals surface area contributed by atoms with Gasteiger partial charge >= 0.3 is 17.9 Å². The second-order valence-corrected chi connectivity index (χ2v) is 20.6. The van der Waals surface area contributed by atoms with E-state index in [4.69, 9.17) is 14.2 Å². The summed E-state index contributed by atoms with van der Waals surface area (Å²) in [5, 5.41) is 0. The average Bonchev–Trinajstić information content (AvgIpc) is 3.40. The minimum absolute atomic E-state index is 0.0974. The molecule has 0 aromatic rings. The van der Waals surface area contributed by atoms with Gasteiger partial charge in [0.2, 0.25) is 0 Å². The molecule has 6 nitrogen and oxygen atoms in total. The van der Waals surface area contributed by atoms with E-state index in [0.717, 1.165) is 96.3 Å². The van der Waals surface area contributed by atoms with E-state index in [9.17, 15) is 14.4 Å². The molecule has 0 aliphatic rings. The molecule has 0 spiro atoms. The molecule has 0 fully saturated rings. The summed E-state index contributed by atoms with van der Waals surface area (Å²) in [5.74, 6) is -0.944. The van der Waals surface area contributed by atoms with Crippen molar-refractivity contribution in [3.63, 3.8) is 0 Å². The van der Waals surface area contributed by atoms with E-state index in [1.807, 2.05) is 0 Å². The number of hydrogen-bond donors (Lipinski definition) is 0. The lowest BCUT2D eigenvalue weighted by Gasteiger charge is -2.18. The smallest absolute Gasteiger partial charge is 0.306 e. The van der Waals surface area contributed by atoms with Crippen LogP contribution in [-0.4, -0.2) is 37.2 Å². The van der Waals surface area contributed by atoms with E-state index in [-0.39, 0.29) is 37.5 Å². The van der Waals surface area contributed by atoms with Crippen molar-refractivity contribution in [3.8, 4) is 0 Å². The molecular formula is C68H116O6. The maximum absolute atomic E-state index is 12.9. The van der Waals surface area contributed by atoms with E-state index >= 15 is 0 Å². The lowest BCUT2D eigenvalue weighted by Crippen LogP contribution is -2.30. The third-order valence-electron chi connectivity index (χ3n) is 13.3. The van der Waals surface area contributed by atoms with E-state index < -0.39 is 6.10 Å². The normalized spacial score (nSPS) is 12.7. The number of rotatable bonds is 56. The molecule has 1 unspecified atom stereocenters. The summed E-state index contributed by atoms with van der Waals surface area (Å²) in [6.07, 6.45) is 82.7. The van der Waals surface area contributed by atoms with Crippen molar-refractivity contribution in [2.24, 2.45) is 0 Å². The van der Waals surface area contributed by atoms with Gasteiger partial charge in [-0.2, -0.15) is 0 Å². The van der Waals surface area contributed by atoms with Gasteiger partial charge < -0.3 is 14.2 Å². The zero-order chi connectivity index (χ0) is 53.6. The molecule has 0 bridgehead atoms. The Hall–Kier alpha value is -3.67. The van der Waals surface area contributed by atoms with Crippen molar-refractivity contribution in [2.75, 3.05) is 13.2 Å². The molecular weight excluding hydrogens is 913 g/mol. The number of unbranched alkanes of at least 4 members (excludes halogenated alkanes) is 29. The molecule has 0 aliphatic heterocycles. The molecule has 6 heteroatoms. The predicted octanol–water partition coefficient (Wildman–Crippen LogP) is 21.3. The van der Waals surface area contributed by atoms with Crippen LogP contribution in [0.5, 0.6) is 0 Å². The summed E-state index contributed by atoms with van der Waals surface area (Å²) < 4.78 is 16.9. The van der Waals surface area contributed by atoms with Gasteiger partial charge in [-0.3, -0.25) is 14.4 Å². The first-order chi connectivity index (χ1) is 36.5. The Bertz CT molecular complexity index is 1460. The minimum atomic E-state index is -0.804. The molecule has 74 heavy (non-hydrogen) atoms. The molecule has 0 heterocycles. The molecule has 0 aliphatic carbocycles. The Morgan fingerprint density at radius 2 is 0.527 bits per heavy atom. The Kier molecular flexibility index (Phi) is 58.8. The molecule has 0 aromatic carbocycles. The molecule has 0 saturated heterocycles. The van der Waals surface area contributed by atoms with Crippen LogP contribution in [0.3, 0.4) is 0 Å². The van der Waals surface area contributed by atoms with Crippen molar-refractivity contribution in [3.05, 3.63) is 97.2 Å². The van der Waals surface area contributed by atoms with Crippen LogP contribution in [0.15, 0.2) is 97.2 Å². The SMILES string of the molecule is CC/C=C\C/C=C\C/C=C\C/C=C\CCCCC(=O)OC(COC(=O)CCCCCCC/C=C\CCCCCCC)COC(=O)CCCCCCCCCCCCCC/C=C\C/C=C\C/C=C\CCCCCCC. The first kappa shape index (κ1) is 70.3. The van der Waals surface area contributed by atoms with Gasteiger partial charge in [-0.15, -0.1) is 0 Å². The summed E-state index contributed by atoms with van der Waals surface area (Å²) >= 11 is 0. The number of hydrogen-bond acceptors (Lipinski definition) is 6. The number of esters is 3. The van der Waals surface area contributed by atoms with Crippen LogP contribution in [0.1, 0.15) is 297 Å². The monoisotopic (exact) mass is 1030 g/mol. The van der Waals surface area contributed by atoms with Crippen LogP contribution in [0.2, 0.25) is 0 Å². The molecule has 0 aromatic heterocycles. The molecule has 1 atom stereocenters. The fourth-order valence-corrected chi connectivity index (χ4v) is 8.61. The van der Waals surface area contributed by atoms with Gasteiger partial charge in [0.05, 0.1) is 0 Å². The van der Waals surface area contributed by atoms with Crippen molar-refractivity contribution in [1.82, 2.24) is 0 Å². The maximum Gasteiger partial charge on any atom is 0.306 e. The lowest BCUT2D eigenvalue weighted by molar-refractivity contribution is -0.167. The predicted molar refractivity (Wildman–Crippen MR) is 320 cm³/mol. The quantitative estimate of drug-likeness (QED) is 0.0261. The highest BCUT2D eigenvalue weighted by atomic mass is 16.6. The third-order valence-corrected chi connectivity index (χ3v) is 13.3. The van der Waals surface area contributed by atoms with E-state index in [2.05, 4.69) is 118 Å². The Morgan fingerprint density at radius 1 is 0.284 bits per heavy atom. The van der Waals surface area contributed by atoms with Crippen LogP contribution < -0.4 is 0 Å². The summed E-state index contributed by atoms with van der Waals surface area (Å²) in [6, 6.07) is 0. The molecule has 0 radical (unpaired) electrons. The Labute approximate surface area is 457 Å². The Balaban J connectivity index is 4.32. The fraction of sp³-hybridized carbons (Fsp3) is 0.721. The molecule has 0 saturated carbocycles. The Morgan fingerprint density at radius 3 is 0.865 bits per heavy atom. The van der Waals surface area contributed by atoms with Crippen molar-refractivity contribution in [2.45, 2.75) is 303 Å². The van der Waals surface area contributed by atoms with Gasteiger partial charge in [-0.1, -0.05) is 253 Å². The zero-order valence-electron chi connectivity index (χ0n) is 48.6. The highest BCUT2D eigenvalue weighted by Crippen LogP contribution is 2.15. The lowest BCUT2D eigenvalue weighted by atomic mass is 10.0. The number of ether oxygens (including phenoxy) is 3. The van der Waals surface area contributed by atoms with E-state index in [0.29, 0.717) is 19.3 Å². The van der Waals surface area contributed by atoms with Crippen LogP contribution in [0.25, 0.3) is 0 Å². The first-order valence-electron chi connectivity index (χ1n) is 31.2. The second-order valence-electron chi connectivity index (χ2n) is 20.6. The van der Waals surface area contributed by atoms with Gasteiger partial charge in [0.25, 0.3) is 0 Å². The highest BCUT2D eigenvalue weighted by Gasteiger charge is 2.19. The topological polar surface area (TPSA) is 78.9 Å². The molecule has 0 rings (SSSR count). The van der Waals surface area contributed by atoms with Crippen LogP contribution in [-0.2, 0) is 28.6 Å². The van der Waals surface area contributed by atoms with Crippen LogP contribution in [0.4, 0.5) is 0 Å². The van der Waals surface area contributed by atoms with Crippen LogP contribution in [0, 0.1) is 0 Å². The minimum Gasteiger partial charge on any atom is -0.462 e. The van der Waals surface area contributed by atoms with Gasteiger partial charge in [0.1, 0.15) is 13.2 Å². The second kappa shape index (κ2) is 61.9. The van der Waals surface area contributed by atoms with Gasteiger partial charge in [-0.25, -0.2) is 0 Å². The largest absolute Gasteiger partial charge is 0.462 e. The molecule has 424 valence electrons. The highest BCUT2D eigenvalue weighted by molar-refractivity contribution is 5.71. The zero-order valence-corrected chi connectivity index (χ0v) is 48.6. The van der Waals surface area contributed by atoms with Crippen LogP contribution >= 0.6 is 0 Å². The summed E-state index contributed by atoms with van der Waals surface area (Å²) in [4.78, 5) is 38.2. The van der Waals surface area contributed by atoms with Crippen molar-refractivity contribution >= 4 is 17.9 Å². The first-order valence-corrected chi connectivity index (χ1v) is 31.2. The van der Waals surface area contributed by atoms with E-state index in [1.54, 1.807) is 0 Å². The summed E-state index contributed by atoms with van der Waals surface area (Å²) in [5.41, 5.74) is 0. The number of allylic oxidation sites excluding steroid dienone is 16. The fourth-order valence-electron chi connectivity index (χ4n) is 8.61. The number of carbonyl (C=O) groups excluding carboxylic acids is 3.